The molecule has 7 nitrogen and oxygen atoms in total. The highest BCUT2D eigenvalue weighted by Gasteiger charge is 2.44. The molecule has 25 heavy (non-hydrogen) atoms. The second-order valence-electron chi connectivity index (χ2n) is 6.87. The summed E-state index contributed by atoms with van der Waals surface area (Å²) in [6, 6.07) is 3.55. The molecule has 2 aliphatic rings. The van der Waals surface area contributed by atoms with Crippen molar-refractivity contribution in [2.75, 3.05) is 26.2 Å². The monoisotopic (exact) mass is 341 g/mol. The second-order valence-corrected chi connectivity index (χ2v) is 6.87. The molecular formula is C18H23N5O2. The molecule has 0 saturated carbocycles. The zero-order chi connectivity index (χ0) is 17.3. The third-order valence-corrected chi connectivity index (χ3v) is 5.33. The van der Waals surface area contributed by atoms with Crippen molar-refractivity contribution in [1.29, 1.82) is 0 Å². The lowest BCUT2D eigenvalue weighted by molar-refractivity contribution is 0.0622. The van der Waals surface area contributed by atoms with Gasteiger partial charge >= 0.3 is 0 Å². The Kier molecular flexibility index (Phi) is 4.17. The van der Waals surface area contributed by atoms with E-state index in [0.717, 1.165) is 32.2 Å². The van der Waals surface area contributed by atoms with Crippen molar-refractivity contribution in [3.05, 3.63) is 41.5 Å². The highest BCUT2D eigenvalue weighted by molar-refractivity contribution is 5.95. The molecule has 0 bridgehead atoms. The van der Waals surface area contributed by atoms with E-state index in [9.17, 15) is 4.79 Å². The molecule has 1 aliphatic carbocycles. The van der Waals surface area contributed by atoms with Gasteiger partial charge in [0, 0.05) is 36.9 Å². The summed E-state index contributed by atoms with van der Waals surface area (Å²) in [6.07, 6.45) is 7.72. The maximum Gasteiger partial charge on any atom is 0.276 e. The van der Waals surface area contributed by atoms with Gasteiger partial charge in [0.2, 0.25) is 0 Å². The average molecular weight is 341 g/mol. The van der Waals surface area contributed by atoms with Crippen LogP contribution in [0.25, 0.3) is 0 Å². The van der Waals surface area contributed by atoms with Crippen LogP contribution in [0, 0.1) is 0 Å². The minimum atomic E-state index is -0.0698. The summed E-state index contributed by atoms with van der Waals surface area (Å²) in [5.41, 5.74) is 8.39. The quantitative estimate of drug-likeness (QED) is 0.873. The van der Waals surface area contributed by atoms with E-state index in [1.165, 1.54) is 11.3 Å². The fourth-order valence-electron chi connectivity index (χ4n) is 4.16. The lowest BCUT2D eigenvalue weighted by Gasteiger charge is -2.40. The van der Waals surface area contributed by atoms with Gasteiger partial charge in [-0.05, 0) is 43.4 Å². The summed E-state index contributed by atoms with van der Waals surface area (Å²) < 4.78 is 5.61. The van der Waals surface area contributed by atoms with Crippen LogP contribution in [0.3, 0.4) is 0 Å². The van der Waals surface area contributed by atoms with Crippen molar-refractivity contribution in [2.45, 2.75) is 31.1 Å². The molecule has 1 saturated heterocycles. The molecule has 4 rings (SSSR count). The molecule has 1 spiro atoms. The number of aromatic nitrogens is 3. The number of H-pyrrole nitrogens is 1. The number of fused-ring (bicyclic) bond motifs is 2. The molecule has 1 fully saturated rings. The number of aromatic amines is 1. The van der Waals surface area contributed by atoms with Crippen LogP contribution >= 0.6 is 0 Å². The van der Waals surface area contributed by atoms with Crippen LogP contribution in [-0.2, 0) is 11.8 Å². The molecule has 132 valence electrons. The predicted molar refractivity (Wildman–Crippen MR) is 92.5 cm³/mol. The predicted octanol–water partition coefficient (Wildman–Crippen LogP) is 1.26. The molecule has 1 aliphatic heterocycles. The number of piperidine rings is 1. The van der Waals surface area contributed by atoms with Crippen LogP contribution in [0.1, 0.15) is 41.0 Å². The van der Waals surface area contributed by atoms with E-state index < -0.39 is 0 Å². The summed E-state index contributed by atoms with van der Waals surface area (Å²) in [5, 5.41) is 7.37. The summed E-state index contributed by atoms with van der Waals surface area (Å²) in [4.78, 5) is 19.3. The first-order valence-corrected chi connectivity index (χ1v) is 8.83. The van der Waals surface area contributed by atoms with E-state index in [0.29, 0.717) is 31.1 Å². The van der Waals surface area contributed by atoms with E-state index in [1.54, 1.807) is 18.3 Å². The van der Waals surface area contributed by atoms with E-state index in [1.807, 2.05) is 11.1 Å². The maximum atomic E-state index is 13.1. The SMILES string of the molecule is NCCOc1cccnc1C(=O)N1CCCC2(CCc3cn[nH]c32)C1. The van der Waals surface area contributed by atoms with Gasteiger partial charge in [-0.25, -0.2) is 4.98 Å². The summed E-state index contributed by atoms with van der Waals surface area (Å²) in [5.74, 6) is 0.436. The van der Waals surface area contributed by atoms with Gasteiger partial charge in [0.25, 0.3) is 5.91 Å². The van der Waals surface area contributed by atoms with Gasteiger partial charge in [-0.1, -0.05) is 0 Å². The number of aryl methyl sites for hydroxylation is 1. The van der Waals surface area contributed by atoms with Crippen molar-refractivity contribution in [3.8, 4) is 5.75 Å². The molecule has 3 N–H and O–H groups in total. The molecule has 0 aromatic carbocycles. The van der Waals surface area contributed by atoms with Gasteiger partial charge in [-0.15, -0.1) is 0 Å². The van der Waals surface area contributed by atoms with Crippen LogP contribution in [0.5, 0.6) is 5.75 Å². The third-order valence-electron chi connectivity index (χ3n) is 5.33. The number of hydrogen-bond acceptors (Lipinski definition) is 5. The fraction of sp³-hybridized carbons (Fsp3) is 0.500. The minimum absolute atomic E-state index is 0.00675. The largest absolute Gasteiger partial charge is 0.490 e. The number of rotatable bonds is 4. The summed E-state index contributed by atoms with van der Waals surface area (Å²) in [7, 11) is 0. The molecule has 2 aromatic rings. The van der Waals surface area contributed by atoms with Gasteiger partial charge in [0.15, 0.2) is 11.4 Å². The molecule has 2 aromatic heterocycles. The number of carbonyl (C=O) groups is 1. The highest BCUT2D eigenvalue weighted by atomic mass is 16.5. The Hall–Kier alpha value is -2.41. The van der Waals surface area contributed by atoms with Crippen LogP contribution in [0.15, 0.2) is 24.5 Å². The first-order chi connectivity index (χ1) is 12.2. The Labute approximate surface area is 146 Å². The number of hydrogen-bond donors (Lipinski definition) is 2. The van der Waals surface area contributed by atoms with Gasteiger partial charge in [0.05, 0.1) is 6.20 Å². The Bertz CT molecular complexity index is 774. The van der Waals surface area contributed by atoms with Gasteiger partial charge in [-0.3, -0.25) is 9.89 Å². The van der Waals surface area contributed by atoms with Crippen LogP contribution in [-0.4, -0.2) is 52.2 Å². The standard InChI is InChI=1S/C18H23N5O2/c19-7-10-25-14-3-1-8-20-15(14)17(24)23-9-2-5-18(12-23)6-4-13-11-21-22-16(13)18/h1,3,8,11H,2,4-7,9-10,12,19H2,(H,21,22). The van der Waals surface area contributed by atoms with Crippen LogP contribution in [0.4, 0.5) is 0 Å². The van der Waals surface area contributed by atoms with Crippen molar-refractivity contribution < 1.29 is 9.53 Å². The lowest BCUT2D eigenvalue weighted by atomic mass is 9.77. The smallest absolute Gasteiger partial charge is 0.276 e. The number of likely N-dealkylation sites (tertiary alicyclic amines) is 1. The summed E-state index contributed by atoms with van der Waals surface area (Å²) in [6.45, 7) is 2.22. The Morgan fingerprint density at radius 2 is 2.36 bits per heavy atom. The van der Waals surface area contributed by atoms with Crippen molar-refractivity contribution >= 4 is 5.91 Å². The van der Waals surface area contributed by atoms with Crippen LogP contribution < -0.4 is 10.5 Å². The number of pyridine rings is 1. The number of nitrogens with two attached hydrogens (primary N) is 1. The Morgan fingerprint density at radius 1 is 1.44 bits per heavy atom. The normalized spacial score (nSPS) is 22.2. The molecule has 1 unspecified atom stereocenters. The number of ether oxygens (including phenoxy) is 1. The maximum absolute atomic E-state index is 13.1. The lowest BCUT2D eigenvalue weighted by Crippen LogP contribution is -2.48. The Morgan fingerprint density at radius 3 is 3.24 bits per heavy atom. The first kappa shape index (κ1) is 16.1. The molecule has 3 heterocycles. The van der Waals surface area contributed by atoms with Gasteiger partial charge in [0.1, 0.15) is 6.61 Å². The zero-order valence-corrected chi connectivity index (χ0v) is 14.2. The number of carbonyl (C=O) groups excluding carboxylic acids is 1. The van der Waals surface area contributed by atoms with E-state index in [4.69, 9.17) is 10.5 Å². The van der Waals surface area contributed by atoms with Gasteiger partial charge < -0.3 is 15.4 Å². The van der Waals surface area contributed by atoms with Crippen molar-refractivity contribution in [1.82, 2.24) is 20.1 Å². The molecule has 1 amide bonds. The molecular weight excluding hydrogens is 318 g/mol. The third kappa shape index (κ3) is 2.78. The van der Waals surface area contributed by atoms with E-state index in [2.05, 4.69) is 15.2 Å². The van der Waals surface area contributed by atoms with Crippen LogP contribution in [0.2, 0.25) is 0 Å². The number of amides is 1. The highest BCUT2D eigenvalue weighted by Crippen LogP contribution is 2.44. The van der Waals surface area contributed by atoms with E-state index >= 15 is 0 Å². The molecule has 1 atom stereocenters. The van der Waals surface area contributed by atoms with Crippen molar-refractivity contribution in [2.24, 2.45) is 5.73 Å². The Balaban J connectivity index is 1.58. The average Bonchev–Trinajstić information content (AvgIpc) is 3.25. The second kappa shape index (κ2) is 6.48. The number of nitrogens with zero attached hydrogens (tertiary/aromatic N) is 3. The summed E-state index contributed by atoms with van der Waals surface area (Å²) >= 11 is 0. The number of nitrogens with one attached hydrogen (secondary N) is 1. The fourth-order valence-corrected chi connectivity index (χ4v) is 4.16. The topological polar surface area (TPSA) is 97.1 Å². The molecule has 0 radical (unpaired) electrons. The zero-order valence-electron chi connectivity index (χ0n) is 14.2. The minimum Gasteiger partial charge on any atom is -0.490 e. The van der Waals surface area contributed by atoms with E-state index in [-0.39, 0.29) is 11.3 Å². The van der Waals surface area contributed by atoms with Crippen molar-refractivity contribution in [3.63, 3.8) is 0 Å². The first-order valence-electron chi connectivity index (χ1n) is 8.83. The van der Waals surface area contributed by atoms with Gasteiger partial charge in [-0.2, -0.15) is 5.10 Å². The molecule has 7 heteroatoms.